The highest BCUT2D eigenvalue weighted by atomic mass is 32.1. The minimum absolute atomic E-state index is 0.00626. The number of thiol groups is 1. The Morgan fingerprint density at radius 2 is 1.79 bits per heavy atom. The molecule has 34 heavy (non-hydrogen) atoms. The first-order valence-corrected chi connectivity index (χ1v) is 12.2. The lowest BCUT2D eigenvalue weighted by atomic mass is 9.94. The SMILES string of the molecule is Cc1ccccc1-c1ccc(CC(NC(=O)C2(NC(=O)C(S)C(C)C)CCCC2)C(=O)O)cn1. The second-order valence-electron chi connectivity index (χ2n) is 9.40. The van der Waals surface area contributed by atoms with E-state index < -0.39 is 28.7 Å². The molecule has 2 aromatic rings. The van der Waals surface area contributed by atoms with Crippen molar-refractivity contribution in [2.45, 2.75) is 69.7 Å². The summed E-state index contributed by atoms with van der Waals surface area (Å²) in [5, 5.41) is 14.8. The summed E-state index contributed by atoms with van der Waals surface area (Å²) >= 11 is 4.36. The molecule has 1 aliphatic carbocycles. The van der Waals surface area contributed by atoms with E-state index in [0.717, 1.165) is 29.7 Å². The predicted molar refractivity (Wildman–Crippen MR) is 135 cm³/mol. The Labute approximate surface area is 206 Å². The van der Waals surface area contributed by atoms with E-state index in [-0.39, 0.29) is 18.2 Å². The molecule has 0 spiro atoms. The van der Waals surface area contributed by atoms with Crippen molar-refractivity contribution < 1.29 is 19.5 Å². The molecule has 1 aliphatic rings. The molecule has 2 atom stereocenters. The van der Waals surface area contributed by atoms with Gasteiger partial charge in [0.15, 0.2) is 0 Å². The molecule has 8 heteroatoms. The topological polar surface area (TPSA) is 108 Å². The van der Waals surface area contributed by atoms with Gasteiger partial charge in [0.2, 0.25) is 11.8 Å². The Morgan fingerprint density at radius 1 is 1.12 bits per heavy atom. The maximum atomic E-state index is 13.2. The number of benzene rings is 1. The highest BCUT2D eigenvalue weighted by Crippen LogP contribution is 2.31. The van der Waals surface area contributed by atoms with Crippen LogP contribution in [0.5, 0.6) is 0 Å². The largest absolute Gasteiger partial charge is 0.480 e. The fourth-order valence-electron chi connectivity index (χ4n) is 4.30. The minimum Gasteiger partial charge on any atom is -0.480 e. The molecule has 2 unspecified atom stereocenters. The molecule has 0 bridgehead atoms. The molecule has 2 amide bonds. The lowest BCUT2D eigenvalue weighted by molar-refractivity contribution is -0.143. The normalized spacial score (nSPS) is 16.6. The molecule has 3 N–H and O–H groups in total. The van der Waals surface area contributed by atoms with Gasteiger partial charge >= 0.3 is 5.97 Å². The van der Waals surface area contributed by atoms with E-state index in [9.17, 15) is 19.5 Å². The molecule has 0 aliphatic heterocycles. The number of aliphatic carboxylic acids is 1. The number of carbonyl (C=O) groups excluding carboxylic acids is 2. The first-order valence-electron chi connectivity index (χ1n) is 11.7. The van der Waals surface area contributed by atoms with Crippen molar-refractivity contribution >= 4 is 30.4 Å². The summed E-state index contributed by atoms with van der Waals surface area (Å²) in [6.07, 6.45) is 4.26. The molecule has 1 saturated carbocycles. The first-order chi connectivity index (χ1) is 16.1. The monoisotopic (exact) mass is 483 g/mol. The van der Waals surface area contributed by atoms with E-state index in [4.69, 9.17) is 0 Å². The molecular formula is C26H33N3O4S. The average Bonchev–Trinajstić information content (AvgIpc) is 3.28. The number of nitrogens with one attached hydrogen (secondary N) is 2. The van der Waals surface area contributed by atoms with Gasteiger partial charge in [0.05, 0.1) is 10.9 Å². The van der Waals surface area contributed by atoms with E-state index in [1.165, 1.54) is 0 Å². The number of carboxylic acids is 1. The van der Waals surface area contributed by atoms with Crippen LogP contribution in [0.3, 0.4) is 0 Å². The highest BCUT2D eigenvalue weighted by molar-refractivity contribution is 7.81. The lowest BCUT2D eigenvalue weighted by Gasteiger charge is -2.32. The number of carboxylic acid groups (broad SMARTS) is 1. The van der Waals surface area contributed by atoms with Crippen molar-refractivity contribution in [3.05, 3.63) is 53.7 Å². The number of pyridine rings is 1. The minimum atomic E-state index is -1.13. The second-order valence-corrected chi connectivity index (χ2v) is 9.96. The van der Waals surface area contributed by atoms with Crippen LogP contribution in [-0.2, 0) is 20.8 Å². The lowest BCUT2D eigenvalue weighted by Crippen LogP contribution is -2.61. The van der Waals surface area contributed by atoms with Crippen LogP contribution in [0.1, 0.15) is 50.7 Å². The molecular weight excluding hydrogens is 450 g/mol. The third-order valence-electron chi connectivity index (χ3n) is 6.44. The van der Waals surface area contributed by atoms with Crippen molar-refractivity contribution in [1.29, 1.82) is 0 Å². The molecule has 0 saturated heterocycles. The fourth-order valence-corrected chi connectivity index (χ4v) is 4.36. The van der Waals surface area contributed by atoms with Crippen molar-refractivity contribution in [2.75, 3.05) is 0 Å². The Kier molecular flexibility index (Phi) is 8.36. The van der Waals surface area contributed by atoms with E-state index in [2.05, 4.69) is 28.2 Å². The summed E-state index contributed by atoms with van der Waals surface area (Å²) in [7, 11) is 0. The van der Waals surface area contributed by atoms with Crippen molar-refractivity contribution in [3.8, 4) is 11.3 Å². The second kappa shape index (κ2) is 11.0. The molecule has 1 aromatic carbocycles. The Hall–Kier alpha value is -2.87. The number of nitrogens with zero attached hydrogens (tertiary/aromatic N) is 1. The van der Waals surface area contributed by atoms with Gasteiger partial charge in [-0.1, -0.05) is 57.0 Å². The number of aromatic nitrogens is 1. The zero-order chi connectivity index (χ0) is 24.9. The molecule has 1 fully saturated rings. The van der Waals surface area contributed by atoms with Gasteiger partial charge in [0.1, 0.15) is 11.6 Å². The zero-order valence-corrected chi connectivity index (χ0v) is 20.8. The number of amides is 2. The van der Waals surface area contributed by atoms with Gasteiger partial charge in [-0.25, -0.2) is 4.79 Å². The Balaban J connectivity index is 1.72. The van der Waals surface area contributed by atoms with Gasteiger partial charge < -0.3 is 15.7 Å². The van der Waals surface area contributed by atoms with E-state index in [0.29, 0.717) is 18.4 Å². The quantitative estimate of drug-likeness (QED) is 0.408. The van der Waals surface area contributed by atoms with E-state index in [1.807, 2.05) is 57.2 Å². The maximum Gasteiger partial charge on any atom is 0.326 e. The van der Waals surface area contributed by atoms with Gasteiger partial charge in [-0.3, -0.25) is 14.6 Å². The third kappa shape index (κ3) is 5.97. The Bertz CT molecular complexity index is 1030. The first kappa shape index (κ1) is 25.7. The van der Waals surface area contributed by atoms with Crippen LogP contribution in [-0.4, -0.2) is 44.7 Å². The molecule has 1 heterocycles. The number of hydrogen-bond acceptors (Lipinski definition) is 5. The number of rotatable bonds is 9. The van der Waals surface area contributed by atoms with Gasteiger partial charge in [-0.15, -0.1) is 0 Å². The maximum absolute atomic E-state index is 13.2. The summed E-state index contributed by atoms with van der Waals surface area (Å²) in [6.45, 7) is 5.78. The number of aryl methyl sites for hydroxylation is 1. The molecule has 7 nitrogen and oxygen atoms in total. The molecule has 182 valence electrons. The smallest absolute Gasteiger partial charge is 0.326 e. The van der Waals surface area contributed by atoms with Crippen LogP contribution in [0.2, 0.25) is 0 Å². The summed E-state index contributed by atoms with van der Waals surface area (Å²) in [6, 6.07) is 10.5. The summed E-state index contributed by atoms with van der Waals surface area (Å²) in [4.78, 5) is 42.4. The summed E-state index contributed by atoms with van der Waals surface area (Å²) in [5.74, 6) is -1.89. The van der Waals surface area contributed by atoms with E-state index in [1.54, 1.807) is 6.20 Å². The van der Waals surface area contributed by atoms with Crippen LogP contribution in [0.25, 0.3) is 11.3 Å². The van der Waals surface area contributed by atoms with Gasteiger partial charge in [0.25, 0.3) is 0 Å². The van der Waals surface area contributed by atoms with Gasteiger partial charge in [0, 0.05) is 18.2 Å². The van der Waals surface area contributed by atoms with Gasteiger partial charge in [-0.2, -0.15) is 12.6 Å². The average molecular weight is 484 g/mol. The molecule has 3 rings (SSSR count). The standard InChI is InChI=1S/C26H33N3O4S/c1-16(2)22(34)23(30)29-26(12-6-7-13-26)25(33)28-21(24(31)32)14-18-10-11-20(27-15-18)19-9-5-4-8-17(19)3/h4-5,8-11,15-16,21-22,34H,6-7,12-14H2,1-3H3,(H,28,33)(H,29,30)(H,31,32). The van der Waals surface area contributed by atoms with Crippen molar-refractivity contribution in [1.82, 2.24) is 15.6 Å². The van der Waals surface area contributed by atoms with E-state index >= 15 is 0 Å². The third-order valence-corrected chi connectivity index (χ3v) is 7.27. The number of hydrogen-bond donors (Lipinski definition) is 4. The highest BCUT2D eigenvalue weighted by Gasteiger charge is 2.44. The predicted octanol–water partition coefficient (Wildman–Crippen LogP) is 3.55. The van der Waals surface area contributed by atoms with Crippen molar-refractivity contribution in [2.24, 2.45) is 5.92 Å². The molecule has 0 radical (unpaired) electrons. The van der Waals surface area contributed by atoms with Gasteiger partial charge in [-0.05, 0) is 42.9 Å². The summed E-state index contributed by atoms with van der Waals surface area (Å²) in [5.41, 5.74) is 2.51. The summed E-state index contributed by atoms with van der Waals surface area (Å²) < 4.78 is 0. The Morgan fingerprint density at radius 3 is 2.35 bits per heavy atom. The zero-order valence-electron chi connectivity index (χ0n) is 19.9. The number of carbonyl (C=O) groups is 3. The van der Waals surface area contributed by atoms with Crippen molar-refractivity contribution in [3.63, 3.8) is 0 Å². The fraction of sp³-hybridized carbons (Fsp3) is 0.462. The molecule has 1 aromatic heterocycles. The van der Waals surface area contributed by atoms with Crippen LogP contribution < -0.4 is 10.6 Å². The van der Waals surface area contributed by atoms with Crippen LogP contribution >= 0.6 is 12.6 Å². The van der Waals surface area contributed by atoms with Crippen LogP contribution in [0.4, 0.5) is 0 Å². The van der Waals surface area contributed by atoms with Crippen LogP contribution in [0.15, 0.2) is 42.6 Å². The van der Waals surface area contributed by atoms with Crippen LogP contribution in [0, 0.1) is 12.8 Å².